The molecule has 4 rings (SSSR count). The predicted octanol–water partition coefficient (Wildman–Crippen LogP) is -2.04. The molecule has 2 saturated heterocycles. The Hall–Kier alpha value is -2.68. The number of nitrogens with two attached hydrogens (primary N) is 1. The number of hydrogen-bond acceptors (Lipinski definition) is 11. The van der Waals surface area contributed by atoms with E-state index in [1.807, 2.05) is 7.05 Å². The number of carbonyl (C=O) groups excluding carboxylic acids is 3. The zero-order chi connectivity index (χ0) is 23.8. The lowest BCUT2D eigenvalue weighted by Gasteiger charge is -2.51. The van der Waals surface area contributed by atoms with Gasteiger partial charge in [0.1, 0.15) is 43.9 Å². The molecule has 12 nitrogen and oxygen atoms in total. The first-order chi connectivity index (χ1) is 15.7. The number of hydrogen-bond donors (Lipinski definition) is 2. The Morgan fingerprint density at radius 3 is 2.79 bits per heavy atom. The molecule has 14 heteroatoms. The Bertz CT molecular complexity index is 1030. The van der Waals surface area contributed by atoms with E-state index in [-0.39, 0.29) is 22.2 Å². The number of thiazole rings is 1. The van der Waals surface area contributed by atoms with Crippen LogP contribution in [0.1, 0.15) is 5.69 Å². The van der Waals surface area contributed by atoms with Crippen molar-refractivity contribution in [3.63, 3.8) is 0 Å². The topological polar surface area (TPSA) is 159 Å². The molecule has 0 radical (unpaired) electrons. The monoisotopic (exact) mass is 496 g/mol. The molecule has 0 aromatic carbocycles. The molecular formula is C19H24N6O6S2. The van der Waals surface area contributed by atoms with Crippen molar-refractivity contribution in [1.29, 1.82) is 0 Å². The van der Waals surface area contributed by atoms with Gasteiger partial charge in [-0.05, 0) is 0 Å². The van der Waals surface area contributed by atoms with Crippen molar-refractivity contribution in [2.75, 3.05) is 58.5 Å². The molecule has 1 unspecified atom stereocenters. The van der Waals surface area contributed by atoms with Gasteiger partial charge < -0.3 is 35.0 Å². The van der Waals surface area contributed by atoms with Crippen LogP contribution in [0.3, 0.4) is 0 Å². The zero-order valence-electron chi connectivity index (χ0n) is 18.1. The summed E-state index contributed by atoms with van der Waals surface area (Å²) in [5.74, 6) is -2.17. The Morgan fingerprint density at radius 2 is 2.18 bits per heavy atom. The molecule has 3 aliphatic heterocycles. The average molecular weight is 497 g/mol. The summed E-state index contributed by atoms with van der Waals surface area (Å²) >= 11 is 2.54. The number of fused-ring (bicyclic) bond motifs is 1. The van der Waals surface area contributed by atoms with E-state index >= 15 is 0 Å². The number of nitrogens with one attached hydrogen (secondary N) is 1. The number of anilines is 1. The van der Waals surface area contributed by atoms with E-state index in [0.717, 1.165) is 24.4 Å². The van der Waals surface area contributed by atoms with Crippen molar-refractivity contribution in [1.82, 2.24) is 15.2 Å². The van der Waals surface area contributed by atoms with E-state index < -0.39 is 29.2 Å². The normalized spacial score (nSPS) is 24.7. The minimum Gasteiger partial charge on any atom is -0.543 e. The lowest BCUT2D eigenvalue weighted by atomic mass is 10.0. The number of carboxylic acids is 1. The molecule has 0 bridgehead atoms. The molecule has 0 spiro atoms. The summed E-state index contributed by atoms with van der Waals surface area (Å²) in [5.41, 5.74) is 6.28. The summed E-state index contributed by atoms with van der Waals surface area (Å²) in [5, 5.41) is 19.6. The Kier molecular flexibility index (Phi) is 6.61. The highest BCUT2D eigenvalue weighted by atomic mass is 32.2. The lowest BCUT2D eigenvalue weighted by molar-refractivity contribution is -0.912. The maximum atomic E-state index is 12.9. The van der Waals surface area contributed by atoms with Gasteiger partial charge >= 0.3 is 0 Å². The summed E-state index contributed by atoms with van der Waals surface area (Å²) < 4.78 is 6.05. The van der Waals surface area contributed by atoms with Gasteiger partial charge in [-0.15, -0.1) is 23.1 Å². The number of rotatable bonds is 7. The Morgan fingerprint density at radius 1 is 1.45 bits per heavy atom. The average Bonchev–Trinajstić information content (AvgIpc) is 3.21. The maximum Gasteiger partial charge on any atom is 0.276 e. The third kappa shape index (κ3) is 4.55. The number of carboxylic acid groups (broad SMARTS) is 1. The maximum absolute atomic E-state index is 12.9. The van der Waals surface area contributed by atoms with Crippen LogP contribution in [0.2, 0.25) is 0 Å². The summed E-state index contributed by atoms with van der Waals surface area (Å²) in [7, 11) is 3.33. The van der Waals surface area contributed by atoms with E-state index in [1.54, 1.807) is 5.38 Å². The number of amides is 2. The second kappa shape index (κ2) is 9.29. The summed E-state index contributed by atoms with van der Waals surface area (Å²) in [6.45, 7) is 3.21. The summed E-state index contributed by atoms with van der Waals surface area (Å²) in [6.07, 6.45) is 0. The van der Waals surface area contributed by atoms with Crippen molar-refractivity contribution < 1.29 is 33.5 Å². The van der Waals surface area contributed by atoms with Crippen molar-refractivity contribution in [2.45, 2.75) is 11.4 Å². The molecule has 0 saturated carbocycles. The summed E-state index contributed by atoms with van der Waals surface area (Å²) in [6, 6.07) is -0.912. The predicted molar refractivity (Wildman–Crippen MR) is 119 cm³/mol. The fourth-order valence-electron chi connectivity index (χ4n) is 4.10. The molecular weight excluding hydrogens is 472 g/mol. The van der Waals surface area contributed by atoms with Crippen LogP contribution in [0.25, 0.3) is 0 Å². The fraction of sp³-hybridized carbons (Fsp3) is 0.526. The molecule has 1 aromatic heterocycles. The van der Waals surface area contributed by atoms with Crippen LogP contribution in [-0.2, 0) is 24.0 Å². The number of ether oxygens (including phenoxy) is 1. The quantitative estimate of drug-likeness (QED) is 0.188. The lowest BCUT2D eigenvalue weighted by Crippen LogP contribution is -2.72. The van der Waals surface area contributed by atoms with Crippen LogP contribution in [0, 0.1) is 0 Å². The number of aromatic nitrogens is 1. The largest absolute Gasteiger partial charge is 0.543 e. The first kappa shape index (κ1) is 23.5. The molecule has 3 N–H and O–H groups in total. The van der Waals surface area contributed by atoms with Crippen LogP contribution < -0.4 is 16.2 Å². The number of aliphatic carboxylic acids is 1. The van der Waals surface area contributed by atoms with Gasteiger partial charge in [0, 0.05) is 16.7 Å². The fourth-order valence-corrected chi connectivity index (χ4v) is 5.98. The minimum atomic E-state index is -1.40. The molecule has 4 heterocycles. The zero-order valence-corrected chi connectivity index (χ0v) is 19.7. The molecule has 3 aliphatic rings. The van der Waals surface area contributed by atoms with Crippen molar-refractivity contribution in [3.8, 4) is 0 Å². The standard InChI is InChI=1S/C19H24N6O6S2/c1-25(3-5-31-6-4-25)7-10-8-32-17-13(16(27)24(17)14(10)18(28)29)22-15(26)12(23-30-2)11-9-33-19(20)21-11/h9,13,17H,3-8H2,1-2H3,(H3-,20,21,22,26,28,29)/b23-12-/t13?,17-/m1/s1. The van der Waals surface area contributed by atoms with E-state index in [9.17, 15) is 19.5 Å². The minimum absolute atomic E-state index is 0.0989. The Balaban J connectivity index is 1.51. The second-order valence-electron chi connectivity index (χ2n) is 8.13. The number of carbonyl (C=O) groups is 3. The third-order valence-corrected chi connectivity index (χ3v) is 7.83. The van der Waals surface area contributed by atoms with Crippen LogP contribution in [0.4, 0.5) is 5.13 Å². The van der Waals surface area contributed by atoms with Crippen molar-refractivity contribution in [3.05, 3.63) is 22.3 Å². The highest BCUT2D eigenvalue weighted by molar-refractivity contribution is 8.00. The summed E-state index contributed by atoms with van der Waals surface area (Å²) in [4.78, 5) is 47.7. The number of likely N-dealkylation sites (N-methyl/N-ethyl adjacent to an activating group) is 1. The van der Waals surface area contributed by atoms with Crippen molar-refractivity contribution >= 4 is 51.7 Å². The number of β-lactam (4-membered cyclic amide) rings is 1. The van der Waals surface area contributed by atoms with Gasteiger partial charge in [-0.2, -0.15) is 0 Å². The van der Waals surface area contributed by atoms with Gasteiger partial charge in [-0.25, -0.2) is 4.98 Å². The first-order valence-corrected chi connectivity index (χ1v) is 12.1. The molecule has 2 fully saturated rings. The second-order valence-corrected chi connectivity index (χ2v) is 10.1. The molecule has 178 valence electrons. The Labute approximate surface area is 198 Å². The van der Waals surface area contributed by atoms with Gasteiger partial charge in [0.2, 0.25) is 0 Å². The number of nitrogen functional groups attached to an aromatic ring is 1. The number of nitrogens with zero attached hydrogens (tertiary/aromatic N) is 4. The van der Waals surface area contributed by atoms with E-state index in [0.29, 0.717) is 35.6 Å². The van der Waals surface area contributed by atoms with E-state index in [4.69, 9.17) is 15.3 Å². The van der Waals surface area contributed by atoms with Gasteiger partial charge in [-0.3, -0.25) is 14.5 Å². The van der Waals surface area contributed by atoms with Gasteiger partial charge in [-0.1, -0.05) is 5.16 Å². The first-order valence-electron chi connectivity index (χ1n) is 10.2. The molecule has 0 aliphatic carbocycles. The SMILES string of the molecule is CO/N=C(\C(=O)NC1C(=O)N2C(C(=O)[O-])=C(C[N+]3(C)CCOCC3)CS[C@H]12)c1csc(N)n1. The smallest absolute Gasteiger partial charge is 0.276 e. The van der Waals surface area contributed by atoms with Gasteiger partial charge in [0.25, 0.3) is 11.8 Å². The van der Waals surface area contributed by atoms with E-state index in [2.05, 4.69) is 15.5 Å². The number of quaternary nitrogens is 1. The third-order valence-electron chi connectivity index (χ3n) is 5.81. The molecule has 1 aromatic rings. The van der Waals surface area contributed by atoms with Gasteiger partial charge in [0.15, 0.2) is 10.8 Å². The van der Waals surface area contributed by atoms with Crippen molar-refractivity contribution in [2.24, 2.45) is 5.16 Å². The molecule has 2 atom stereocenters. The highest BCUT2D eigenvalue weighted by Crippen LogP contribution is 2.40. The van der Waals surface area contributed by atoms with Crippen LogP contribution in [-0.4, -0.2) is 102 Å². The number of thioether (sulfide) groups is 1. The number of oxime groups is 1. The van der Waals surface area contributed by atoms with Crippen LogP contribution >= 0.6 is 23.1 Å². The molecule has 2 amide bonds. The number of morpholine rings is 1. The van der Waals surface area contributed by atoms with Crippen LogP contribution in [0.5, 0.6) is 0 Å². The van der Waals surface area contributed by atoms with Gasteiger partial charge in [0.05, 0.1) is 31.9 Å². The van der Waals surface area contributed by atoms with E-state index in [1.165, 1.54) is 23.8 Å². The highest BCUT2D eigenvalue weighted by Gasteiger charge is 2.53. The molecule has 33 heavy (non-hydrogen) atoms. The van der Waals surface area contributed by atoms with Crippen LogP contribution in [0.15, 0.2) is 21.8 Å².